The van der Waals surface area contributed by atoms with Crippen LogP contribution >= 0.6 is 0 Å². The number of hydrogen-bond donors (Lipinski definition) is 1. The van der Waals surface area contributed by atoms with Crippen LogP contribution < -0.4 is 10.1 Å². The topological polar surface area (TPSA) is 41.6 Å². The molecule has 1 aromatic rings. The summed E-state index contributed by atoms with van der Waals surface area (Å²) in [6, 6.07) is 6.64. The lowest BCUT2D eigenvalue weighted by molar-refractivity contribution is -0.132. The fourth-order valence-corrected chi connectivity index (χ4v) is 2.99. The average molecular weight is 290 g/mol. The highest BCUT2D eigenvalue weighted by molar-refractivity contribution is 5.77. The van der Waals surface area contributed by atoms with Gasteiger partial charge in [-0.05, 0) is 63.4 Å². The van der Waals surface area contributed by atoms with Gasteiger partial charge in [0.15, 0.2) is 6.61 Å². The second-order valence-electron chi connectivity index (χ2n) is 5.45. The molecular formula is C17H26N2O2. The molecule has 116 valence electrons. The highest BCUT2D eigenvalue weighted by atomic mass is 16.5. The molecular weight excluding hydrogens is 264 g/mol. The fraction of sp³-hybridized carbons (Fsp3) is 0.588. The van der Waals surface area contributed by atoms with Crippen LogP contribution in [0.25, 0.3) is 0 Å². The van der Waals surface area contributed by atoms with Crippen LogP contribution in [0.5, 0.6) is 5.75 Å². The molecule has 1 atom stereocenters. The minimum absolute atomic E-state index is 0.0471. The first-order valence-electron chi connectivity index (χ1n) is 7.90. The lowest BCUT2D eigenvalue weighted by Crippen LogP contribution is -2.34. The van der Waals surface area contributed by atoms with Crippen molar-refractivity contribution in [1.82, 2.24) is 10.2 Å². The molecule has 0 bridgehead atoms. The van der Waals surface area contributed by atoms with Gasteiger partial charge in [0.1, 0.15) is 5.75 Å². The van der Waals surface area contributed by atoms with E-state index in [1.807, 2.05) is 27.0 Å². The molecule has 0 spiro atoms. The Kier molecular flexibility index (Phi) is 5.62. The van der Waals surface area contributed by atoms with Gasteiger partial charge < -0.3 is 15.0 Å². The summed E-state index contributed by atoms with van der Waals surface area (Å²) in [5.74, 6) is 0.844. The van der Waals surface area contributed by atoms with E-state index in [2.05, 4.69) is 17.4 Å². The zero-order valence-electron chi connectivity index (χ0n) is 13.3. The molecule has 0 heterocycles. The van der Waals surface area contributed by atoms with Gasteiger partial charge in [0, 0.05) is 19.1 Å². The van der Waals surface area contributed by atoms with E-state index in [9.17, 15) is 4.79 Å². The second kappa shape index (κ2) is 7.46. The number of ether oxygens (including phenoxy) is 1. The van der Waals surface area contributed by atoms with Gasteiger partial charge in [0.05, 0.1) is 0 Å². The monoisotopic (exact) mass is 290 g/mol. The summed E-state index contributed by atoms with van der Waals surface area (Å²) in [6.45, 7) is 5.55. The highest BCUT2D eigenvalue weighted by Gasteiger charge is 2.19. The van der Waals surface area contributed by atoms with E-state index >= 15 is 0 Å². The molecule has 1 N–H and O–H groups in total. The Bertz CT molecular complexity index is 484. The van der Waals surface area contributed by atoms with Gasteiger partial charge in [-0.3, -0.25) is 4.79 Å². The summed E-state index contributed by atoms with van der Waals surface area (Å²) in [5, 5.41) is 3.36. The molecule has 4 heteroatoms. The Hall–Kier alpha value is -1.55. The van der Waals surface area contributed by atoms with E-state index in [1.54, 1.807) is 4.90 Å². The predicted octanol–water partition coefficient (Wildman–Crippen LogP) is 2.53. The lowest BCUT2D eigenvalue weighted by Gasteiger charge is -2.25. The number of amides is 1. The molecule has 0 saturated carbocycles. The highest BCUT2D eigenvalue weighted by Crippen LogP contribution is 2.31. The summed E-state index contributed by atoms with van der Waals surface area (Å²) in [7, 11) is 2.01. The van der Waals surface area contributed by atoms with Crippen molar-refractivity contribution < 1.29 is 9.53 Å². The average Bonchev–Trinajstić information content (AvgIpc) is 2.53. The van der Waals surface area contributed by atoms with Crippen molar-refractivity contribution in [3.8, 4) is 5.75 Å². The molecule has 0 radical (unpaired) electrons. The molecule has 1 unspecified atom stereocenters. The normalized spacial score (nSPS) is 17.2. The molecule has 1 aliphatic rings. The SMILES string of the molecule is CCN(CC)C(=O)COc1ccc2c(c1)CCCC2NC. The van der Waals surface area contributed by atoms with Crippen molar-refractivity contribution in [3.05, 3.63) is 29.3 Å². The first kappa shape index (κ1) is 15.8. The number of aryl methyl sites for hydroxylation is 1. The van der Waals surface area contributed by atoms with Crippen LogP contribution in [0.3, 0.4) is 0 Å². The lowest BCUT2D eigenvalue weighted by atomic mass is 9.87. The summed E-state index contributed by atoms with van der Waals surface area (Å²) < 4.78 is 5.68. The molecule has 1 amide bonds. The van der Waals surface area contributed by atoms with Gasteiger partial charge in [-0.1, -0.05) is 6.07 Å². The number of likely N-dealkylation sites (N-methyl/N-ethyl adjacent to an activating group) is 1. The van der Waals surface area contributed by atoms with Crippen LogP contribution in [0.15, 0.2) is 18.2 Å². The Balaban J connectivity index is 2.01. The van der Waals surface area contributed by atoms with E-state index in [1.165, 1.54) is 24.0 Å². The maximum Gasteiger partial charge on any atom is 0.260 e. The van der Waals surface area contributed by atoms with Crippen molar-refractivity contribution in [3.63, 3.8) is 0 Å². The Labute approximate surface area is 127 Å². The van der Waals surface area contributed by atoms with Crippen LogP contribution in [0.1, 0.15) is 43.9 Å². The van der Waals surface area contributed by atoms with Crippen LogP contribution in [0.2, 0.25) is 0 Å². The number of nitrogens with zero attached hydrogens (tertiary/aromatic N) is 1. The number of fused-ring (bicyclic) bond motifs is 1. The zero-order valence-corrected chi connectivity index (χ0v) is 13.3. The van der Waals surface area contributed by atoms with Crippen LogP contribution in [0.4, 0.5) is 0 Å². The summed E-state index contributed by atoms with van der Waals surface area (Å²) in [6.07, 6.45) is 3.47. The van der Waals surface area contributed by atoms with E-state index < -0.39 is 0 Å². The molecule has 4 nitrogen and oxygen atoms in total. The Morgan fingerprint density at radius 2 is 2.14 bits per heavy atom. The predicted molar refractivity (Wildman–Crippen MR) is 84.6 cm³/mol. The standard InChI is InChI=1S/C17H26N2O2/c1-4-19(5-2)17(20)12-21-14-9-10-15-13(11-14)7-6-8-16(15)18-3/h9-11,16,18H,4-8,12H2,1-3H3. The third-order valence-electron chi connectivity index (χ3n) is 4.26. The first-order valence-corrected chi connectivity index (χ1v) is 7.90. The number of nitrogens with one attached hydrogen (secondary N) is 1. The number of hydrogen-bond acceptors (Lipinski definition) is 3. The molecule has 0 aliphatic heterocycles. The van der Waals surface area contributed by atoms with Crippen LogP contribution in [-0.2, 0) is 11.2 Å². The maximum atomic E-state index is 12.0. The number of carbonyl (C=O) groups excluding carboxylic acids is 1. The van der Waals surface area contributed by atoms with Crippen LogP contribution in [0, 0.1) is 0 Å². The van der Waals surface area contributed by atoms with E-state index in [0.717, 1.165) is 25.3 Å². The largest absolute Gasteiger partial charge is 0.484 e. The number of benzene rings is 1. The third-order valence-corrected chi connectivity index (χ3v) is 4.26. The molecule has 21 heavy (non-hydrogen) atoms. The van der Waals surface area contributed by atoms with Gasteiger partial charge in [-0.2, -0.15) is 0 Å². The molecule has 1 aliphatic carbocycles. The van der Waals surface area contributed by atoms with Crippen molar-refractivity contribution in [2.24, 2.45) is 0 Å². The van der Waals surface area contributed by atoms with Crippen molar-refractivity contribution in [2.75, 3.05) is 26.7 Å². The van der Waals surface area contributed by atoms with Crippen LogP contribution in [-0.4, -0.2) is 37.6 Å². The smallest absolute Gasteiger partial charge is 0.260 e. The van der Waals surface area contributed by atoms with Crippen molar-refractivity contribution >= 4 is 5.91 Å². The molecule has 0 fully saturated rings. The minimum Gasteiger partial charge on any atom is -0.484 e. The second-order valence-corrected chi connectivity index (χ2v) is 5.45. The summed E-state index contributed by atoms with van der Waals surface area (Å²) in [4.78, 5) is 13.7. The van der Waals surface area contributed by atoms with E-state index in [0.29, 0.717) is 6.04 Å². The molecule has 0 aromatic heterocycles. The van der Waals surface area contributed by atoms with Gasteiger partial charge in [-0.25, -0.2) is 0 Å². The number of carbonyl (C=O) groups is 1. The summed E-state index contributed by atoms with van der Waals surface area (Å²) in [5.41, 5.74) is 2.71. The van der Waals surface area contributed by atoms with Gasteiger partial charge in [0.2, 0.25) is 0 Å². The molecule has 1 aromatic carbocycles. The maximum absolute atomic E-state index is 12.0. The first-order chi connectivity index (χ1) is 10.2. The van der Waals surface area contributed by atoms with E-state index in [-0.39, 0.29) is 12.5 Å². The Morgan fingerprint density at radius 1 is 1.38 bits per heavy atom. The van der Waals surface area contributed by atoms with Crippen molar-refractivity contribution in [1.29, 1.82) is 0 Å². The third kappa shape index (κ3) is 3.76. The fourth-order valence-electron chi connectivity index (χ4n) is 2.99. The zero-order chi connectivity index (χ0) is 15.2. The molecule has 2 rings (SSSR count). The minimum atomic E-state index is 0.0471. The number of rotatable bonds is 6. The Morgan fingerprint density at radius 3 is 2.81 bits per heavy atom. The quantitative estimate of drug-likeness (QED) is 0.875. The van der Waals surface area contributed by atoms with Gasteiger partial charge >= 0.3 is 0 Å². The van der Waals surface area contributed by atoms with Gasteiger partial charge in [-0.15, -0.1) is 0 Å². The summed E-state index contributed by atoms with van der Waals surface area (Å²) >= 11 is 0. The van der Waals surface area contributed by atoms with Crippen molar-refractivity contribution in [2.45, 2.75) is 39.2 Å². The van der Waals surface area contributed by atoms with Gasteiger partial charge in [0.25, 0.3) is 5.91 Å². The molecule has 0 saturated heterocycles. The van der Waals surface area contributed by atoms with E-state index in [4.69, 9.17) is 4.74 Å².